The Labute approximate surface area is 181 Å². The van der Waals surface area contributed by atoms with Crippen molar-refractivity contribution in [2.45, 2.75) is 11.6 Å². The van der Waals surface area contributed by atoms with Gasteiger partial charge in [-0.2, -0.15) is 5.26 Å². The van der Waals surface area contributed by atoms with Gasteiger partial charge in [-0.3, -0.25) is 4.72 Å². The van der Waals surface area contributed by atoms with Crippen molar-refractivity contribution in [3.8, 4) is 11.8 Å². The summed E-state index contributed by atoms with van der Waals surface area (Å²) in [4.78, 5) is 5.57. The number of nitrogens with one attached hydrogen (secondary N) is 1. The molecule has 4 rings (SSSR count). The smallest absolute Gasteiger partial charge is 0.265 e. The fraction of sp³-hybridized carbons (Fsp3) is 0.158. The molecular formula is C19H14ClFN4O3S2. The molecule has 0 amide bonds. The molecule has 0 saturated carbocycles. The van der Waals surface area contributed by atoms with Gasteiger partial charge >= 0.3 is 0 Å². The number of sulfonamides is 1. The van der Waals surface area contributed by atoms with Crippen molar-refractivity contribution in [2.24, 2.45) is 0 Å². The van der Waals surface area contributed by atoms with Crippen LogP contribution < -0.4 is 14.4 Å². The Hall–Kier alpha value is -2.87. The van der Waals surface area contributed by atoms with Crippen LogP contribution in [-0.4, -0.2) is 26.6 Å². The third-order valence-electron chi connectivity index (χ3n) is 4.45. The van der Waals surface area contributed by atoms with Crippen LogP contribution in [-0.2, 0) is 16.7 Å². The lowest BCUT2D eigenvalue weighted by Gasteiger charge is -2.32. The second-order valence-corrected chi connectivity index (χ2v) is 9.24. The van der Waals surface area contributed by atoms with E-state index in [1.807, 2.05) is 0 Å². The molecule has 0 bridgehead atoms. The van der Waals surface area contributed by atoms with Crippen molar-refractivity contribution in [2.75, 3.05) is 22.8 Å². The molecule has 0 atom stereocenters. The van der Waals surface area contributed by atoms with Gasteiger partial charge in [0.25, 0.3) is 10.0 Å². The predicted octanol–water partition coefficient (Wildman–Crippen LogP) is 4.47. The minimum atomic E-state index is -3.98. The molecule has 1 N–H and O–H groups in total. The van der Waals surface area contributed by atoms with E-state index in [2.05, 4.69) is 15.8 Å². The van der Waals surface area contributed by atoms with E-state index in [1.165, 1.54) is 24.4 Å². The third-order valence-corrected chi connectivity index (χ3v) is 7.07. The van der Waals surface area contributed by atoms with Gasteiger partial charge in [0.1, 0.15) is 30.0 Å². The first kappa shape index (κ1) is 20.4. The van der Waals surface area contributed by atoms with E-state index in [-0.39, 0.29) is 21.7 Å². The number of rotatable bonds is 5. The molecule has 1 aliphatic heterocycles. The Morgan fingerprint density at radius 2 is 2.17 bits per heavy atom. The number of halogens is 2. The first-order valence-electron chi connectivity index (χ1n) is 8.68. The number of aromatic nitrogens is 1. The molecule has 0 unspecified atom stereocenters. The Bertz CT molecular complexity index is 1240. The Kier molecular flexibility index (Phi) is 5.51. The molecule has 0 fully saturated rings. The summed E-state index contributed by atoms with van der Waals surface area (Å²) in [5, 5.41) is 11.4. The van der Waals surface area contributed by atoms with Crippen LogP contribution in [0.5, 0.6) is 5.75 Å². The van der Waals surface area contributed by atoms with Crippen molar-refractivity contribution >= 4 is 49.5 Å². The standard InChI is InChI=1S/C19H14ClFN4O3S2/c20-14-8-16-17(9-18(14)30(26,27)24-19-23-3-6-29-19)28-5-4-25(16)15-2-1-12(10-21)7-13(15)11-22/h1-3,6-9H,4-5,10H2,(H,23,24). The van der Waals surface area contributed by atoms with Crippen LogP contribution in [0.25, 0.3) is 0 Å². The van der Waals surface area contributed by atoms with E-state index < -0.39 is 16.7 Å². The molecule has 0 radical (unpaired) electrons. The monoisotopic (exact) mass is 464 g/mol. The third kappa shape index (κ3) is 3.79. The first-order valence-corrected chi connectivity index (χ1v) is 11.4. The van der Waals surface area contributed by atoms with E-state index >= 15 is 0 Å². The summed E-state index contributed by atoms with van der Waals surface area (Å²) in [7, 11) is -3.98. The zero-order valence-electron chi connectivity index (χ0n) is 15.3. The fourth-order valence-electron chi connectivity index (χ4n) is 3.11. The molecule has 11 heteroatoms. The number of fused-ring (bicyclic) bond motifs is 1. The lowest BCUT2D eigenvalue weighted by Crippen LogP contribution is -2.29. The van der Waals surface area contributed by atoms with Gasteiger partial charge in [-0.1, -0.05) is 17.7 Å². The molecule has 1 aromatic heterocycles. The van der Waals surface area contributed by atoms with E-state index in [9.17, 15) is 18.1 Å². The highest BCUT2D eigenvalue weighted by Crippen LogP contribution is 2.42. The lowest BCUT2D eigenvalue weighted by molar-refractivity contribution is 0.313. The van der Waals surface area contributed by atoms with E-state index in [0.717, 1.165) is 11.3 Å². The van der Waals surface area contributed by atoms with E-state index in [4.69, 9.17) is 16.3 Å². The number of nitriles is 1. The van der Waals surface area contributed by atoms with Crippen molar-refractivity contribution in [1.29, 1.82) is 5.26 Å². The zero-order valence-corrected chi connectivity index (χ0v) is 17.7. The number of ether oxygens (including phenoxy) is 1. The second kappa shape index (κ2) is 8.10. The number of hydrogen-bond donors (Lipinski definition) is 1. The predicted molar refractivity (Wildman–Crippen MR) is 113 cm³/mol. The van der Waals surface area contributed by atoms with Gasteiger partial charge < -0.3 is 9.64 Å². The molecule has 30 heavy (non-hydrogen) atoms. The van der Waals surface area contributed by atoms with Gasteiger partial charge in [0.05, 0.1) is 28.5 Å². The number of thiazole rings is 1. The maximum Gasteiger partial charge on any atom is 0.265 e. The second-order valence-electron chi connectivity index (χ2n) is 6.29. The first-order chi connectivity index (χ1) is 14.4. The van der Waals surface area contributed by atoms with E-state index in [0.29, 0.717) is 34.8 Å². The zero-order chi connectivity index (χ0) is 21.3. The quantitative estimate of drug-likeness (QED) is 0.598. The molecule has 7 nitrogen and oxygen atoms in total. The molecule has 0 saturated heterocycles. The summed E-state index contributed by atoms with van der Waals surface area (Å²) in [5.41, 5.74) is 1.78. The fourth-order valence-corrected chi connectivity index (χ4v) is 5.44. The van der Waals surface area contributed by atoms with Gasteiger partial charge in [-0.15, -0.1) is 11.3 Å². The Morgan fingerprint density at radius 3 is 2.87 bits per heavy atom. The average Bonchev–Trinajstić information content (AvgIpc) is 3.24. The minimum Gasteiger partial charge on any atom is -0.489 e. The number of hydrogen-bond acceptors (Lipinski definition) is 7. The molecule has 0 spiro atoms. The van der Waals surface area contributed by atoms with Crippen LogP contribution in [0.15, 0.2) is 46.8 Å². The van der Waals surface area contributed by atoms with Crippen LogP contribution in [0, 0.1) is 11.3 Å². The maximum absolute atomic E-state index is 13.0. The number of alkyl halides is 1. The SMILES string of the molecule is N#Cc1cc(CF)ccc1N1CCOc2cc(S(=O)(=O)Nc3nccs3)c(Cl)cc21. The van der Waals surface area contributed by atoms with Crippen molar-refractivity contribution < 1.29 is 17.5 Å². The highest BCUT2D eigenvalue weighted by molar-refractivity contribution is 7.93. The highest BCUT2D eigenvalue weighted by atomic mass is 35.5. The van der Waals surface area contributed by atoms with Gasteiger partial charge in [0, 0.05) is 17.6 Å². The summed E-state index contributed by atoms with van der Waals surface area (Å²) < 4.78 is 46.5. The van der Waals surface area contributed by atoms with Gasteiger partial charge in [0.2, 0.25) is 0 Å². The Morgan fingerprint density at radius 1 is 1.33 bits per heavy atom. The molecule has 0 aliphatic carbocycles. The average molecular weight is 465 g/mol. The molecule has 2 heterocycles. The lowest BCUT2D eigenvalue weighted by atomic mass is 10.1. The van der Waals surface area contributed by atoms with E-state index in [1.54, 1.807) is 22.4 Å². The summed E-state index contributed by atoms with van der Waals surface area (Å²) in [6.07, 6.45) is 1.49. The topological polar surface area (TPSA) is 95.3 Å². The number of anilines is 3. The number of benzene rings is 2. The molecule has 1 aliphatic rings. The molecule has 2 aromatic carbocycles. The van der Waals surface area contributed by atoms with Crippen molar-refractivity contribution in [3.05, 3.63) is 58.1 Å². The molecular weight excluding hydrogens is 451 g/mol. The van der Waals surface area contributed by atoms with Gasteiger partial charge in [-0.25, -0.2) is 17.8 Å². The molecule has 3 aromatic rings. The summed E-state index contributed by atoms with van der Waals surface area (Å²) >= 11 is 7.47. The largest absolute Gasteiger partial charge is 0.489 e. The van der Waals surface area contributed by atoms with Crippen LogP contribution in [0.1, 0.15) is 11.1 Å². The van der Waals surface area contributed by atoms with Crippen LogP contribution in [0.2, 0.25) is 5.02 Å². The van der Waals surface area contributed by atoms with Gasteiger partial charge in [0.15, 0.2) is 5.13 Å². The minimum absolute atomic E-state index is 0.00723. The van der Waals surface area contributed by atoms with Crippen LogP contribution in [0.3, 0.4) is 0 Å². The number of nitrogens with zero attached hydrogens (tertiary/aromatic N) is 3. The van der Waals surface area contributed by atoms with Crippen LogP contribution in [0.4, 0.5) is 20.9 Å². The van der Waals surface area contributed by atoms with Crippen molar-refractivity contribution in [1.82, 2.24) is 4.98 Å². The normalized spacial score (nSPS) is 13.3. The van der Waals surface area contributed by atoms with Crippen LogP contribution >= 0.6 is 22.9 Å². The van der Waals surface area contributed by atoms with Gasteiger partial charge in [-0.05, 0) is 23.8 Å². The highest BCUT2D eigenvalue weighted by Gasteiger charge is 2.28. The summed E-state index contributed by atoms with van der Waals surface area (Å²) in [6.45, 7) is 0.00794. The Balaban J connectivity index is 1.76. The molecule has 154 valence electrons. The summed E-state index contributed by atoms with van der Waals surface area (Å²) in [6, 6.07) is 9.66. The summed E-state index contributed by atoms with van der Waals surface area (Å²) in [5.74, 6) is 0.309. The van der Waals surface area contributed by atoms with Crippen molar-refractivity contribution in [3.63, 3.8) is 0 Å². The maximum atomic E-state index is 13.0.